The van der Waals surface area contributed by atoms with Gasteiger partial charge in [-0.15, -0.1) is 0 Å². The van der Waals surface area contributed by atoms with Gasteiger partial charge in [-0.2, -0.15) is 5.10 Å². The molecule has 3 aromatic carbocycles. The second kappa shape index (κ2) is 8.74. The second-order valence-corrected chi connectivity index (χ2v) is 8.87. The fourth-order valence-corrected chi connectivity index (χ4v) is 4.20. The first-order valence-electron chi connectivity index (χ1n) is 9.35. The number of phenols is 1. The number of carbonyl (C=O) groups excluding carboxylic acids is 1. The summed E-state index contributed by atoms with van der Waals surface area (Å²) in [4.78, 5) is 12.5. The molecule has 32 heavy (non-hydrogen) atoms. The molecule has 0 atom stereocenters. The molecule has 0 saturated heterocycles. The van der Waals surface area contributed by atoms with Crippen LogP contribution in [0.4, 0.5) is 11.4 Å². The number of aromatic nitrogens is 2. The van der Waals surface area contributed by atoms with Crippen molar-refractivity contribution < 1.29 is 18.3 Å². The summed E-state index contributed by atoms with van der Waals surface area (Å²) in [5.41, 5.74) is 1.34. The van der Waals surface area contributed by atoms with Crippen LogP contribution in [0, 0.1) is 0 Å². The monoisotopic (exact) mass is 468 g/mol. The van der Waals surface area contributed by atoms with Gasteiger partial charge in [-0.25, -0.2) is 13.1 Å². The third kappa shape index (κ3) is 4.74. The van der Waals surface area contributed by atoms with Crippen LogP contribution in [-0.2, 0) is 10.0 Å². The Labute approximate surface area is 189 Å². The molecular weight excluding hydrogens is 452 g/mol. The summed E-state index contributed by atoms with van der Waals surface area (Å²) in [5.74, 6) is -0.780. The van der Waals surface area contributed by atoms with Gasteiger partial charge < -0.3 is 10.4 Å². The number of phenolic OH excluding ortho intramolecular Hbond substituents is 1. The Balaban J connectivity index is 1.54. The van der Waals surface area contributed by atoms with Crippen LogP contribution >= 0.6 is 11.6 Å². The maximum atomic E-state index is 12.7. The first kappa shape index (κ1) is 21.4. The molecule has 0 saturated carbocycles. The third-order valence-corrected chi connectivity index (χ3v) is 6.12. The average molecular weight is 469 g/mol. The molecule has 1 amide bonds. The Bertz CT molecular complexity index is 1370. The van der Waals surface area contributed by atoms with Gasteiger partial charge in [0, 0.05) is 23.0 Å². The van der Waals surface area contributed by atoms with E-state index in [1.165, 1.54) is 24.3 Å². The Kier molecular flexibility index (Phi) is 5.85. The summed E-state index contributed by atoms with van der Waals surface area (Å²) >= 11 is 5.90. The van der Waals surface area contributed by atoms with Crippen LogP contribution < -0.4 is 10.0 Å². The van der Waals surface area contributed by atoms with E-state index in [1.54, 1.807) is 65.6 Å². The fourth-order valence-electron chi connectivity index (χ4n) is 2.93. The smallest absolute Gasteiger partial charge is 0.261 e. The molecule has 162 valence electrons. The van der Waals surface area contributed by atoms with Crippen molar-refractivity contribution in [2.24, 2.45) is 0 Å². The first-order valence-corrected chi connectivity index (χ1v) is 11.2. The molecule has 0 bridgehead atoms. The van der Waals surface area contributed by atoms with E-state index in [0.717, 1.165) is 5.69 Å². The van der Waals surface area contributed by atoms with Crippen molar-refractivity contribution in [1.29, 1.82) is 0 Å². The number of hydrogen-bond acceptors (Lipinski definition) is 5. The molecule has 0 unspecified atom stereocenters. The predicted molar refractivity (Wildman–Crippen MR) is 122 cm³/mol. The van der Waals surface area contributed by atoms with E-state index >= 15 is 0 Å². The van der Waals surface area contributed by atoms with E-state index in [4.69, 9.17) is 11.6 Å². The van der Waals surface area contributed by atoms with Crippen molar-refractivity contribution in [1.82, 2.24) is 9.78 Å². The summed E-state index contributed by atoms with van der Waals surface area (Å²) in [6.45, 7) is 0. The molecular formula is C22H17ClN4O4S. The molecule has 10 heteroatoms. The zero-order chi connectivity index (χ0) is 22.7. The summed E-state index contributed by atoms with van der Waals surface area (Å²) in [6, 6.07) is 18.3. The highest BCUT2D eigenvalue weighted by molar-refractivity contribution is 7.92. The van der Waals surface area contributed by atoms with E-state index < -0.39 is 15.9 Å². The third-order valence-electron chi connectivity index (χ3n) is 4.50. The van der Waals surface area contributed by atoms with Crippen molar-refractivity contribution in [3.05, 3.63) is 95.8 Å². The number of anilines is 2. The van der Waals surface area contributed by atoms with Gasteiger partial charge in [0.2, 0.25) is 0 Å². The summed E-state index contributed by atoms with van der Waals surface area (Å²) in [6.07, 6.45) is 3.42. The van der Waals surface area contributed by atoms with Gasteiger partial charge in [0.15, 0.2) is 0 Å². The Morgan fingerprint density at radius 3 is 2.47 bits per heavy atom. The molecule has 8 nitrogen and oxygen atoms in total. The zero-order valence-electron chi connectivity index (χ0n) is 16.4. The van der Waals surface area contributed by atoms with Crippen LogP contribution in [0.3, 0.4) is 0 Å². The molecule has 1 aromatic heterocycles. The normalized spacial score (nSPS) is 11.2. The number of hydrogen-bond donors (Lipinski definition) is 3. The number of carbonyl (C=O) groups is 1. The van der Waals surface area contributed by atoms with Crippen molar-refractivity contribution in [3.63, 3.8) is 0 Å². The average Bonchev–Trinajstić information content (AvgIpc) is 3.30. The van der Waals surface area contributed by atoms with Gasteiger partial charge in [0.05, 0.1) is 22.0 Å². The van der Waals surface area contributed by atoms with Gasteiger partial charge in [-0.1, -0.05) is 17.7 Å². The van der Waals surface area contributed by atoms with E-state index in [0.29, 0.717) is 10.6 Å². The Morgan fingerprint density at radius 2 is 1.78 bits per heavy atom. The first-order chi connectivity index (χ1) is 15.3. The molecule has 0 aliphatic carbocycles. The van der Waals surface area contributed by atoms with E-state index in [2.05, 4.69) is 15.1 Å². The lowest BCUT2D eigenvalue weighted by atomic mass is 10.2. The highest BCUT2D eigenvalue weighted by Gasteiger charge is 2.18. The summed E-state index contributed by atoms with van der Waals surface area (Å²) in [5, 5.41) is 17.2. The van der Waals surface area contributed by atoms with Gasteiger partial charge >= 0.3 is 0 Å². The molecule has 3 N–H and O–H groups in total. The lowest BCUT2D eigenvalue weighted by molar-refractivity contribution is 0.102. The number of halogens is 1. The van der Waals surface area contributed by atoms with Gasteiger partial charge in [0.25, 0.3) is 15.9 Å². The van der Waals surface area contributed by atoms with Crippen molar-refractivity contribution in [3.8, 4) is 11.4 Å². The molecule has 0 aliphatic heterocycles. The number of amides is 1. The Hall–Kier alpha value is -3.82. The van der Waals surface area contributed by atoms with Crippen LogP contribution in [-0.4, -0.2) is 29.2 Å². The quantitative estimate of drug-likeness (QED) is 0.365. The highest BCUT2D eigenvalue weighted by Crippen LogP contribution is 2.28. The predicted octanol–water partition coefficient (Wildman–Crippen LogP) is 4.28. The van der Waals surface area contributed by atoms with Crippen LogP contribution in [0.15, 0.2) is 90.1 Å². The van der Waals surface area contributed by atoms with Gasteiger partial charge in [-0.05, 0) is 66.7 Å². The molecule has 0 radical (unpaired) electrons. The topological polar surface area (TPSA) is 113 Å². The number of aromatic hydroxyl groups is 1. The number of rotatable bonds is 6. The number of benzene rings is 3. The highest BCUT2D eigenvalue weighted by atomic mass is 35.5. The number of nitrogens with zero attached hydrogens (tertiary/aromatic N) is 2. The SMILES string of the molecule is O=C(Nc1cc(S(=O)(=O)Nc2cccc(Cl)c2)ccc1O)c1ccc(-n2cccn2)cc1. The molecule has 0 spiro atoms. The maximum Gasteiger partial charge on any atom is 0.261 e. The standard InChI is InChI=1S/C22H17ClN4O4S/c23-16-3-1-4-17(13-16)26-32(30,31)19-9-10-21(28)20(14-19)25-22(29)15-5-7-18(8-6-15)27-12-2-11-24-27/h1-14,26,28H,(H,25,29). The zero-order valence-corrected chi connectivity index (χ0v) is 18.0. The lowest BCUT2D eigenvalue weighted by Gasteiger charge is -2.12. The molecule has 1 heterocycles. The minimum absolute atomic E-state index is 0.0416. The van der Waals surface area contributed by atoms with Crippen molar-refractivity contribution in [2.75, 3.05) is 10.0 Å². The maximum absolute atomic E-state index is 12.7. The minimum Gasteiger partial charge on any atom is -0.506 e. The molecule has 0 fully saturated rings. The Morgan fingerprint density at radius 1 is 1.00 bits per heavy atom. The van der Waals surface area contributed by atoms with Crippen molar-refractivity contribution >= 4 is 38.9 Å². The molecule has 0 aliphatic rings. The number of sulfonamides is 1. The van der Waals surface area contributed by atoms with E-state index in [1.807, 2.05) is 0 Å². The van der Waals surface area contributed by atoms with Crippen LogP contribution in [0.1, 0.15) is 10.4 Å². The van der Waals surface area contributed by atoms with E-state index in [-0.39, 0.29) is 22.0 Å². The van der Waals surface area contributed by atoms with Crippen LogP contribution in [0.5, 0.6) is 5.75 Å². The molecule has 4 aromatic rings. The largest absolute Gasteiger partial charge is 0.506 e. The summed E-state index contributed by atoms with van der Waals surface area (Å²) in [7, 11) is -3.98. The minimum atomic E-state index is -3.98. The van der Waals surface area contributed by atoms with E-state index in [9.17, 15) is 18.3 Å². The summed E-state index contributed by atoms with van der Waals surface area (Å²) < 4.78 is 29.5. The van der Waals surface area contributed by atoms with Gasteiger partial charge in [0.1, 0.15) is 5.75 Å². The van der Waals surface area contributed by atoms with Crippen LogP contribution in [0.2, 0.25) is 5.02 Å². The van der Waals surface area contributed by atoms with Crippen molar-refractivity contribution in [2.45, 2.75) is 4.90 Å². The van der Waals surface area contributed by atoms with Gasteiger partial charge in [-0.3, -0.25) is 9.52 Å². The fraction of sp³-hybridized carbons (Fsp3) is 0. The number of nitrogens with one attached hydrogen (secondary N) is 2. The second-order valence-electron chi connectivity index (χ2n) is 6.75. The molecule has 4 rings (SSSR count). The van der Waals surface area contributed by atoms with Crippen LogP contribution in [0.25, 0.3) is 5.69 Å². The lowest BCUT2D eigenvalue weighted by Crippen LogP contribution is -2.15.